The van der Waals surface area contributed by atoms with Crippen molar-refractivity contribution < 1.29 is 14.3 Å². The maximum Gasteiger partial charge on any atom is 0.306 e. The molecular formula is C20H25N3O3S. The average Bonchev–Trinajstić information content (AvgIpc) is 2.60. The maximum absolute atomic E-state index is 12.2. The molecule has 144 valence electrons. The predicted molar refractivity (Wildman–Crippen MR) is 107 cm³/mol. The Kier molecular flexibility index (Phi) is 7.36. The number of benzene rings is 1. The summed E-state index contributed by atoms with van der Waals surface area (Å²) < 4.78 is 5.27. The minimum Gasteiger partial charge on any atom is -0.453 e. The number of aromatic nitrogens is 2. The van der Waals surface area contributed by atoms with Gasteiger partial charge in [-0.15, -0.1) is 0 Å². The van der Waals surface area contributed by atoms with E-state index < -0.39 is 12.1 Å². The summed E-state index contributed by atoms with van der Waals surface area (Å²) >= 11 is 1.49. The Morgan fingerprint density at radius 2 is 1.85 bits per heavy atom. The number of ether oxygens (including phenoxy) is 1. The molecular weight excluding hydrogens is 362 g/mol. The first-order valence-electron chi connectivity index (χ1n) is 8.75. The highest BCUT2D eigenvalue weighted by Gasteiger charge is 2.19. The van der Waals surface area contributed by atoms with Crippen molar-refractivity contribution in [3.8, 4) is 0 Å². The molecule has 6 nitrogen and oxygen atoms in total. The van der Waals surface area contributed by atoms with Crippen molar-refractivity contribution >= 4 is 29.3 Å². The Morgan fingerprint density at radius 3 is 2.44 bits per heavy atom. The largest absolute Gasteiger partial charge is 0.453 e. The zero-order valence-corrected chi connectivity index (χ0v) is 17.1. The van der Waals surface area contributed by atoms with Crippen LogP contribution in [0.2, 0.25) is 0 Å². The molecule has 1 N–H and O–H groups in total. The number of thioether (sulfide) groups is 1. The smallest absolute Gasteiger partial charge is 0.306 e. The summed E-state index contributed by atoms with van der Waals surface area (Å²) in [7, 11) is 0. The number of hydrogen-bond acceptors (Lipinski definition) is 6. The summed E-state index contributed by atoms with van der Waals surface area (Å²) in [5.74, 6) is -0.774. The minimum atomic E-state index is -0.865. The summed E-state index contributed by atoms with van der Waals surface area (Å²) in [6.45, 7) is 7.33. The number of amides is 1. The fourth-order valence-electron chi connectivity index (χ4n) is 2.67. The van der Waals surface area contributed by atoms with Crippen LogP contribution in [0.3, 0.4) is 0 Å². The molecule has 0 saturated carbocycles. The molecule has 0 aliphatic rings. The van der Waals surface area contributed by atoms with Crippen molar-refractivity contribution in [3.63, 3.8) is 0 Å². The topological polar surface area (TPSA) is 81.2 Å². The Morgan fingerprint density at radius 1 is 1.19 bits per heavy atom. The van der Waals surface area contributed by atoms with E-state index in [2.05, 4.69) is 15.3 Å². The van der Waals surface area contributed by atoms with Crippen LogP contribution in [0.1, 0.15) is 35.9 Å². The van der Waals surface area contributed by atoms with E-state index in [1.54, 1.807) is 13.0 Å². The molecule has 1 heterocycles. The van der Waals surface area contributed by atoms with Crippen LogP contribution in [0.15, 0.2) is 29.4 Å². The average molecular weight is 388 g/mol. The van der Waals surface area contributed by atoms with Gasteiger partial charge in [0.15, 0.2) is 11.3 Å². The molecule has 7 heteroatoms. The Balaban J connectivity index is 1.89. The van der Waals surface area contributed by atoms with Crippen molar-refractivity contribution in [2.75, 3.05) is 11.6 Å². The lowest BCUT2D eigenvalue weighted by atomic mass is 10.1. The molecule has 0 saturated heterocycles. The van der Waals surface area contributed by atoms with Crippen molar-refractivity contribution in [2.24, 2.45) is 0 Å². The van der Waals surface area contributed by atoms with Gasteiger partial charge in [0.05, 0.1) is 0 Å². The van der Waals surface area contributed by atoms with Gasteiger partial charge in [-0.05, 0) is 63.6 Å². The van der Waals surface area contributed by atoms with Crippen LogP contribution in [0, 0.1) is 20.8 Å². The van der Waals surface area contributed by atoms with Gasteiger partial charge in [0.25, 0.3) is 5.91 Å². The first kappa shape index (κ1) is 20.9. The molecule has 2 rings (SSSR count). The van der Waals surface area contributed by atoms with Crippen LogP contribution in [0.5, 0.6) is 0 Å². The van der Waals surface area contributed by atoms with E-state index in [0.717, 1.165) is 27.7 Å². The standard InChI is InChI=1S/C20H25N3O3S/c1-12-7-6-8-16(11-12)23-19(25)15(4)26-18(24)10-9-17-13(2)21-20(27-5)22-14(17)3/h6-8,11,15H,9-10H2,1-5H3,(H,23,25)/t15-/m0/s1. The maximum atomic E-state index is 12.2. The molecule has 1 atom stereocenters. The summed E-state index contributed by atoms with van der Waals surface area (Å²) in [6.07, 6.45) is 1.72. The Labute approximate surface area is 164 Å². The summed E-state index contributed by atoms with van der Waals surface area (Å²) in [4.78, 5) is 33.2. The number of carbonyl (C=O) groups is 2. The van der Waals surface area contributed by atoms with Crippen molar-refractivity contribution in [2.45, 2.75) is 51.8 Å². The summed E-state index contributed by atoms with van der Waals surface area (Å²) in [5, 5.41) is 3.47. The van der Waals surface area contributed by atoms with E-state index in [1.165, 1.54) is 11.8 Å². The van der Waals surface area contributed by atoms with Crippen LogP contribution in [0.25, 0.3) is 0 Å². The second-order valence-electron chi connectivity index (χ2n) is 6.35. The van der Waals surface area contributed by atoms with Gasteiger partial charge in [0.2, 0.25) is 0 Å². The molecule has 0 radical (unpaired) electrons. The monoisotopic (exact) mass is 387 g/mol. The molecule has 0 unspecified atom stereocenters. The predicted octanol–water partition coefficient (Wildman–Crippen LogP) is 3.63. The fraction of sp³-hybridized carbons (Fsp3) is 0.400. The van der Waals surface area contributed by atoms with Crippen molar-refractivity contribution in [1.82, 2.24) is 9.97 Å². The fourth-order valence-corrected chi connectivity index (χ4v) is 3.12. The van der Waals surface area contributed by atoms with Gasteiger partial charge < -0.3 is 10.1 Å². The highest BCUT2D eigenvalue weighted by molar-refractivity contribution is 7.98. The third-order valence-electron chi connectivity index (χ3n) is 4.12. The van der Waals surface area contributed by atoms with Gasteiger partial charge in [-0.3, -0.25) is 9.59 Å². The van der Waals surface area contributed by atoms with Gasteiger partial charge in [-0.25, -0.2) is 9.97 Å². The van der Waals surface area contributed by atoms with Crippen molar-refractivity contribution in [3.05, 3.63) is 46.8 Å². The van der Waals surface area contributed by atoms with Crippen LogP contribution in [-0.4, -0.2) is 34.2 Å². The van der Waals surface area contributed by atoms with Gasteiger partial charge >= 0.3 is 5.97 Å². The Bertz CT molecular complexity index is 816. The number of hydrogen-bond donors (Lipinski definition) is 1. The molecule has 2 aromatic rings. The highest BCUT2D eigenvalue weighted by Crippen LogP contribution is 2.17. The second-order valence-corrected chi connectivity index (χ2v) is 7.12. The number of carbonyl (C=O) groups excluding carboxylic acids is 2. The molecule has 1 amide bonds. The molecule has 1 aromatic heterocycles. The van der Waals surface area contributed by atoms with Gasteiger partial charge in [0.1, 0.15) is 0 Å². The number of nitrogens with one attached hydrogen (secondary N) is 1. The zero-order valence-electron chi connectivity index (χ0n) is 16.3. The minimum absolute atomic E-state index is 0.172. The van der Waals surface area contributed by atoms with E-state index in [9.17, 15) is 9.59 Å². The summed E-state index contributed by atoms with van der Waals surface area (Å²) in [6, 6.07) is 7.45. The van der Waals surface area contributed by atoms with Crippen molar-refractivity contribution in [1.29, 1.82) is 0 Å². The molecule has 0 bridgehead atoms. The first-order valence-corrected chi connectivity index (χ1v) is 9.97. The summed E-state index contributed by atoms with van der Waals surface area (Å²) in [5.41, 5.74) is 4.40. The SMILES string of the molecule is CSc1nc(C)c(CCC(=O)O[C@@H](C)C(=O)Nc2cccc(C)c2)c(C)n1. The van der Waals surface area contributed by atoms with Crippen LogP contribution in [-0.2, 0) is 20.7 Å². The number of anilines is 1. The molecule has 0 aliphatic heterocycles. The van der Waals surface area contributed by atoms with E-state index in [-0.39, 0.29) is 12.3 Å². The number of esters is 1. The molecule has 27 heavy (non-hydrogen) atoms. The van der Waals surface area contributed by atoms with E-state index in [1.807, 2.05) is 45.2 Å². The number of rotatable bonds is 7. The Hall–Kier alpha value is -2.41. The number of nitrogens with zero attached hydrogens (tertiary/aromatic N) is 2. The normalized spacial score (nSPS) is 11.7. The number of aryl methyl sites for hydroxylation is 3. The lowest BCUT2D eigenvalue weighted by molar-refractivity contribution is -0.153. The third-order valence-corrected chi connectivity index (χ3v) is 4.67. The zero-order chi connectivity index (χ0) is 20.0. The van der Waals surface area contributed by atoms with Gasteiger partial charge in [-0.1, -0.05) is 23.9 Å². The quantitative estimate of drug-likeness (QED) is 0.444. The molecule has 0 aliphatic carbocycles. The first-order chi connectivity index (χ1) is 12.8. The molecule has 0 spiro atoms. The molecule has 1 aromatic carbocycles. The third kappa shape index (κ3) is 6.06. The lowest BCUT2D eigenvalue weighted by Crippen LogP contribution is -2.30. The van der Waals surface area contributed by atoms with E-state index in [0.29, 0.717) is 12.1 Å². The van der Waals surface area contributed by atoms with Gasteiger partial charge in [0, 0.05) is 23.5 Å². The highest BCUT2D eigenvalue weighted by atomic mass is 32.2. The molecule has 0 fully saturated rings. The van der Waals surface area contributed by atoms with E-state index in [4.69, 9.17) is 4.74 Å². The van der Waals surface area contributed by atoms with E-state index >= 15 is 0 Å². The van der Waals surface area contributed by atoms with Gasteiger partial charge in [-0.2, -0.15) is 0 Å². The van der Waals surface area contributed by atoms with Crippen LogP contribution in [0.4, 0.5) is 5.69 Å². The van der Waals surface area contributed by atoms with Crippen LogP contribution >= 0.6 is 11.8 Å². The second kappa shape index (κ2) is 9.50. The van der Waals surface area contributed by atoms with Crippen LogP contribution < -0.4 is 5.32 Å². The lowest BCUT2D eigenvalue weighted by Gasteiger charge is -2.14.